The lowest BCUT2D eigenvalue weighted by molar-refractivity contribution is -0.870. The highest BCUT2D eigenvalue weighted by molar-refractivity contribution is 5.70. The van der Waals surface area contributed by atoms with Crippen molar-refractivity contribution in [1.29, 1.82) is 0 Å². The molecule has 9 heteroatoms. The van der Waals surface area contributed by atoms with E-state index >= 15 is 0 Å². The van der Waals surface area contributed by atoms with Gasteiger partial charge < -0.3 is 33.3 Å². The van der Waals surface area contributed by atoms with Gasteiger partial charge in [0, 0.05) is 12.8 Å². The molecule has 2 unspecified atom stereocenters. The number of carbonyl (C=O) groups is 3. The number of unbranched alkanes of at least 4 members (excludes halogenated alkanes) is 28. The van der Waals surface area contributed by atoms with E-state index in [4.69, 9.17) is 18.9 Å². The third-order valence-corrected chi connectivity index (χ3v) is 13.4. The molecule has 0 aromatic rings. The lowest BCUT2D eigenvalue weighted by Gasteiger charge is -2.26. The third kappa shape index (κ3) is 58.2. The Bertz CT molecular complexity index is 1520. The largest absolute Gasteiger partial charge is 0.545 e. The molecule has 0 N–H and O–H groups in total. The second kappa shape index (κ2) is 57.6. The highest BCUT2D eigenvalue weighted by Crippen LogP contribution is 2.17. The van der Waals surface area contributed by atoms with Crippen molar-refractivity contribution in [1.82, 2.24) is 0 Å². The van der Waals surface area contributed by atoms with Gasteiger partial charge in [0.05, 0.1) is 40.3 Å². The Morgan fingerprint density at radius 3 is 1.11 bits per heavy atom. The highest BCUT2D eigenvalue weighted by Gasteiger charge is 2.22. The molecule has 2 atom stereocenters. The molecule has 76 heavy (non-hydrogen) atoms. The van der Waals surface area contributed by atoms with Crippen LogP contribution in [-0.4, -0.2) is 82.3 Å². The van der Waals surface area contributed by atoms with Crippen molar-refractivity contribution < 1.29 is 42.9 Å². The van der Waals surface area contributed by atoms with Crippen molar-refractivity contribution >= 4 is 17.9 Å². The Kier molecular flexibility index (Phi) is 55.0. The maximum absolute atomic E-state index is 12.8. The van der Waals surface area contributed by atoms with Gasteiger partial charge >= 0.3 is 11.9 Å². The minimum Gasteiger partial charge on any atom is -0.545 e. The van der Waals surface area contributed by atoms with Crippen LogP contribution < -0.4 is 5.11 Å². The van der Waals surface area contributed by atoms with E-state index in [1.807, 2.05) is 21.1 Å². The Labute approximate surface area is 468 Å². The minimum atomic E-state index is -1.64. The van der Waals surface area contributed by atoms with Crippen LogP contribution in [-0.2, 0) is 33.3 Å². The van der Waals surface area contributed by atoms with Crippen LogP contribution in [0.25, 0.3) is 0 Å². The molecular formula is C67H117NO8. The van der Waals surface area contributed by atoms with E-state index in [1.54, 1.807) is 0 Å². The standard InChI is InChI=1S/C67H117NO8/c1-6-8-10-12-14-16-18-20-22-24-26-28-30-31-32-33-34-36-37-39-41-43-45-47-49-51-53-55-57-64(69)74-61-63(62-75-67(66(71)72)73-60-59-68(3,4)5)76-65(70)58-56-54-52-50-48-46-44-42-40-38-35-29-27-25-23-21-19-17-15-13-11-9-7-2/h9,11,15,17,21,23,27,29,38,40,44,46,50,52,63,67H,6-8,10,12-14,16,18-20,22,24-26,28,30-37,39,41-43,45,47-49,51,53-62H2,1-5H3/b11-9-,17-15-,23-21-,29-27-,40-38-,46-44-,52-50-. The summed E-state index contributed by atoms with van der Waals surface area (Å²) in [5, 5.41) is 11.8. The topological polar surface area (TPSA) is 111 Å². The average molecular weight is 1060 g/mol. The molecule has 0 aromatic heterocycles. The quantitative estimate of drug-likeness (QED) is 0.0195. The van der Waals surface area contributed by atoms with Crippen LogP contribution >= 0.6 is 0 Å². The molecule has 9 nitrogen and oxygen atoms in total. The predicted octanol–water partition coefficient (Wildman–Crippen LogP) is 17.4. The lowest BCUT2D eigenvalue weighted by atomic mass is 10.0. The summed E-state index contributed by atoms with van der Waals surface area (Å²) in [7, 11) is 5.90. The fourth-order valence-corrected chi connectivity index (χ4v) is 8.65. The first kappa shape index (κ1) is 72.5. The number of carboxylic acids is 1. The van der Waals surface area contributed by atoms with Gasteiger partial charge in [-0.2, -0.15) is 0 Å². The minimum absolute atomic E-state index is 0.134. The molecule has 0 aliphatic heterocycles. The molecule has 0 amide bonds. The molecule has 0 saturated carbocycles. The zero-order chi connectivity index (χ0) is 55.5. The average Bonchev–Trinajstić information content (AvgIpc) is 3.39. The fourth-order valence-electron chi connectivity index (χ4n) is 8.65. The van der Waals surface area contributed by atoms with Crippen molar-refractivity contribution in [3.8, 4) is 0 Å². The van der Waals surface area contributed by atoms with Gasteiger partial charge in [0.25, 0.3) is 0 Å². The molecule has 0 heterocycles. The van der Waals surface area contributed by atoms with Gasteiger partial charge in [-0.15, -0.1) is 0 Å². The Balaban J connectivity index is 4.25. The molecule has 0 aliphatic rings. The number of carbonyl (C=O) groups excluding carboxylic acids is 3. The van der Waals surface area contributed by atoms with Crippen LogP contribution in [0.3, 0.4) is 0 Å². The van der Waals surface area contributed by atoms with Crippen molar-refractivity contribution in [3.05, 3.63) is 85.1 Å². The molecule has 0 saturated heterocycles. The maximum Gasteiger partial charge on any atom is 0.306 e. The molecule has 438 valence electrons. The van der Waals surface area contributed by atoms with Crippen LogP contribution in [0.1, 0.15) is 264 Å². The van der Waals surface area contributed by atoms with Gasteiger partial charge in [0.1, 0.15) is 13.2 Å². The number of hydrogen-bond acceptors (Lipinski definition) is 8. The van der Waals surface area contributed by atoms with Gasteiger partial charge in [-0.05, 0) is 64.2 Å². The summed E-state index contributed by atoms with van der Waals surface area (Å²) >= 11 is 0. The molecule has 0 aromatic carbocycles. The van der Waals surface area contributed by atoms with Crippen LogP contribution in [0, 0.1) is 0 Å². The third-order valence-electron chi connectivity index (χ3n) is 13.4. The summed E-state index contributed by atoms with van der Waals surface area (Å²) in [4.78, 5) is 37.3. The second-order valence-electron chi connectivity index (χ2n) is 22.0. The van der Waals surface area contributed by atoms with Crippen LogP contribution in [0.5, 0.6) is 0 Å². The summed E-state index contributed by atoms with van der Waals surface area (Å²) in [6, 6.07) is 0. The SMILES string of the molecule is CC/C=C\C/C=C\C/C=C\C/C=C\C/C=C\C/C=C\C/C=C\CCCC(=O)OC(COC(=O)CCCCCCCCCCCCCCCCCCCCCCCCCCCCCC)COC(OCC[N+](C)(C)C)C(=O)[O-]. The van der Waals surface area contributed by atoms with Gasteiger partial charge in [-0.25, -0.2) is 0 Å². The number of quaternary nitrogens is 1. The van der Waals surface area contributed by atoms with Gasteiger partial charge in [0.2, 0.25) is 0 Å². The second-order valence-corrected chi connectivity index (χ2v) is 22.0. The van der Waals surface area contributed by atoms with Crippen LogP contribution in [0.15, 0.2) is 85.1 Å². The van der Waals surface area contributed by atoms with Gasteiger partial charge in [-0.1, -0.05) is 272 Å². The number of aliphatic carboxylic acids is 1. The summed E-state index contributed by atoms with van der Waals surface area (Å²) < 4.78 is 22.7. The summed E-state index contributed by atoms with van der Waals surface area (Å²) in [6.07, 6.45) is 73.8. The molecule has 0 spiro atoms. The van der Waals surface area contributed by atoms with E-state index in [1.165, 1.54) is 161 Å². The first-order valence-corrected chi connectivity index (χ1v) is 31.2. The Hall–Kier alpha value is -3.53. The first-order chi connectivity index (χ1) is 37.1. The van der Waals surface area contributed by atoms with E-state index in [9.17, 15) is 19.5 Å². The van der Waals surface area contributed by atoms with Crippen molar-refractivity contribution in [2.75, 3.05) is 47.5 Å². The van der Waals surface area contributed by atoms with Crippen molar-refractivity contribution in [2.45, 2.75) is 277 Å². The Morgan fingerprint density at radius 2 is 0.750 bits per heavy atom. The monoisotopic (exact) mass is 1060 g/mol. The predicted molar refractivity (Wildman–Crippen MR) is 320 cm³/mol. The molecule has 0 bridgehead atoms. The van der Waals surface area contributed by atoms with Crippen LogP contribution in [0.4, 0.5) is 0 Å². The van der Waals surface area contributed by atoms with E-state index in [0.29, 0.717) is 23.9 Å². The number of rotatable bonds is 57. The number of likely N-dealkylation sites (N-methyl/N-ethyl adjacent to an activating group) is 1. The summed E-state index contributed by atoms with van der Waals surface area (Å²) in [5.41, 5.74) is 0. The molecular weight excluding hydrogens is 947 g/mol. The van der Waals surface area contributed by atoms with E-state index in [0.717, 1.165) is 64.2 Å². The molecule has 0 aliphatic carbocycles. The zero-order valence-electron chi connectivity index (χ0n) is 49.9. The molecule has 0 fully saturated rings. The number of esters is 2. The van der Waals surface area contributed by atoms with E-state index in [2.05, 4.69) is 98.9 Å². The molecule has 0 rings (SSSR count). The van der Waals surface area contributed by atoms with Crippen molar-refractivity contribution in [2.24, 2.45) is 0 Å². The smallest absolute Gasteiger partial charge is 0.306 e. The number of carboxylic acid groups (broad SMARTS) is 1. The number of hydrogen-bond donors (Lipinski definition) is 0. The maximum atomic E-state index is 12.8. The van der Waals surface area contributed by atoms with Crippen LogP contribution in [0.2, 0.25) is 0 Å². The van der Waals surface area contributed by atoms with E-state index < -0.39 is 24.3 Å². The highest BCUT2D eigenvalue weighted by atomic mass is 16.7. The Morgan fingerprint density at radius 1 is 0.408 bits per heavy atom. The normalized spacial score (nSPS) is 13.3. The first-order valence-electron chi connectivity index (χ1n) is 31.2. The fraction of sp³-hybridized carbons (Fsp3) is 0.746. The molecule has 0 radical (unpaired) electrons. The van der Waals surface area contributed by atoms with Gasteiger partial charge in [0.15, 0.2) is 12.4 Å². The van der Waals surface area contributed by atoms with Gasteiger partial charge in [-0.3, -0.25) is 9.59 Å². The number of allylic oxidation sites excluding steroid dienone is 14. The van der Waals surface area contributed by atoms with Crippen molar-refractivity contribution in [3.63, 3.8) is 0 Å². The number of ether oxygens (including phenoxy) is 4. The zero-order valence-corrected chi connectivity index (χ0v) is 49.9. The van der Waals surface area contributed by atoms with E-state index in [-0.39, 0.29) is 38.6 Å². The number of nitrogens with zero attached hydrogens (tertiary/aromatic N) is 1. The lowest BCUT2D eigenvalue weighted by Crippen LogP contribution is -2.44. The summed E-state index contributed by atoms with van der Waals surface area (Å²) in [5.74, 6) is -2.36. The summed E-state index contributed by atoms with van der Waals surface area (Å²) in [6.45, 7) is 4.59.